The zero-order chi connectivity index (χ0) is 12.5. The number of nitrogens with one attached hydrogen (secondary N) is 2. The molecule has 96 valence electrons. The van der Waals surface area contributed by atoms with Gasteiger partial charge in [0.15, 0.2) is 0 Å². The molecule has 17 heavy (non-hydrogen) atoms. The first kappa shape index (κ1) is 12.4. The number of carboxylic acids is 1. The summed E-state index contributed by atoms with van der Waals surface area (Å²) < 4.78 is 0. The van der Waals surface area contributed by atoms with E-state index in [1.165, 1.54) is 0 Å². The van der Waals surface area contributed by atoms with Crippen LogP contribution in [0.25, 0.3) is 0 Å². The quantitative estimate of drug-likeness (QED) is 0.663. The lowest BCUT2D eigenvalue weighted by Crippen LogP contribution is -2.50. The summed E-state index contributed by atoms with van der Waals surface area (Å²) in [5.41, 5.74) is -1.07. The first-order chi connectivity index (χ1) is 7.99. The van der Waals surface area contributed by atoms with E-state index in [0.717, 1.165) is 19.4 Å². The van der Waals surface area contributed by atoms with Gasteiger partial charge < -0.3 is 15.7 Å². The SMILES string of the molecule is CC1(C(=O)NCC2(C(=O)O)CCC2)CCNC1. The molecule has 1 aliphatic carbocycles. The van der Waals surface area contributed by atoms with Crippen LogP contribution in [0.5, 0.6) is 0 Å². The fourth-order valence-electron chi connectivity index (χ4n) is 2.54. The Hall–Kier alpha value is -1.10. The van der Waals surface area contributed by atoms with Gasteiger partial charge in [-0.05, 0) is 32.7 Å². The molecule has 1 heterocycles. The highest BCUT2D eigenvalue weighted by Gasteiger charge is 2.45. The van der Waals surface area contributed by atoms with Gasteiger partial charge in [0.05, 0.1) is 10.8 Å². The van der Waals surface area contributed by atoms with Gasteiger partial charge in [-0.25, -0.2) is 0 Å². The second-order valence-corrected chi connectivity index (χ2v) is 5.61. The molecule has 0 aromatic rings. The van der Waals surface area contributed by atoms with Gasteiger partial charge in [0.25, 0.3) is 0 Å². The van der Waals surface area contributed by atoms with Crippen LogP contribution in [0.1, 0.15) is 32.6 Å². The second-order valence-electron chi connectivity index (χ2n) is 5.61. The number of hydrogen-bond acceptors (Lipinski definition) is 3. The van der Waals surface area contributed by atoms with E-state index in [2.05, 4.69) is 10.6 Å². The fourth-order valence-corrected chi connectivity index (χ4v) is 2.54. The molecular weight excluding hydrogens is 220 g/mol. The molecule has 2 rings (SSSR count). The molecule has 1 amide bonds. The number of amides is 1. The van der Waals surface area contributed by atoms with Crippen LogP contribution in [0.2, 0.25) is 0 Å². The Bertz CT molecular complexity index is 331. The van der Waals surface area contributed by atoms with Crippen molar-refractivity contribution in [1.29, 1.82) is 0 Å². The van der Waals surface area contributed by atoms with Crippen molar-refractivity contribution in [2.75, 3.05) is 19.6 Å². The smallest absolute Gasteiger partial charge is 0.311 e. The summed E-state index contributed by atoms with van der Waals surface area (Å²) in [6.45, 7) is 3.74. The minimum Gasteiger partial charge on any atom is -0.481 e. The Kier molecular flexibility index (Phi) is 3.12. The summed E-state index contributed by atoms with van der Waals surface area (Å²) in [5, 5.41) is 15.2. The number of rotatable bonds is 4. The minimum atomic E-state index is -0.779. The van der Waals surface area contributed by atoms with Crippen LogP contribution in [0.15, 0.2) is 0 Å². The Morgan fingerprint density at radius 2 is 2.06 bits per heavy atom. The third-order valence-electron chi connectivity index (χ3n) is 4.27. The van der Waals surface area contributed by atoms with Crippen molar-refractivity contribution >= 4 is 11.9 Å². The van der Waals surface area contributed by atoms with Crippen LogP contribution in [-0.4, -0.2) is 36.6 Å². The van der Waals surface area contributed by atoms with Gasteiger partial charge in [-0.2, -0.15) is 0 Å². The molecule has 5 heteroatoms. The molecule has 0 radical (unpaired) electrons. The van der Waals surface area contributed by atoms with Crippen LogP contribution in [0.3, 0.4) is 0 Å². The first-order valence-corrected chi connectivity index (χ1v) is 6.21. The Morgan fingerprint density at radius 3 is 2.47 bits per heavy atom. The highest BCUT2D eigenvalue weighted by Crippen LogP contribution is 2.40. The monoisotopic (exact) mass is 240 g/mol. The number of carbonyl (C=O) groups is 2. The van der Waals surface area contributed by atoms with E-state index in [4.69, 9.17) is 5.11 Å². The molecule has 1 unspecified atom stereocenters. The average molecular weight is 240 g/mol. The molecule has 1 saturated carbocycles. The lowest BCUT2D eigenvalue weighted by atomic mass is 9.68. The molecule has 1 saturated heterocycles. The lowest BCUT2D eigenvalue weighted by Gasteiger charge is -2.38. The molecule has 0 bridgehead atoms. The van der Waals surface area contributed by atoms with Crippen molar-refractivity contribution in [1.82, 2.24) is 10.6 Å². The zero-order valence-electron chi connectivity index (χ0n) is 10.2. The zero-order valence-corrected chi connectivity index (χ0v) is 10.2. The van der Waals surface area contributed by atoms with E-state index in [0.29, 0.717) is 19.4 Å². The fraction of sp³-hybridized carbons (Fsp3) is 0.833. The van der Waals surface area contributed by atoms with E-state index in [9.17, 15) is 9.59 Å². The molecule has 0 aromatic carbocycles. The summed E-state index contributed by atoms with van der Waals surface area (Å²) in [7, 11) is 0. The van der Waals surface area contributed by atoms with Gasteiger partial charge in [-0.1, -0.05) is 6.42 Å². The molecule has 2 aliphatic rings. The normalized spacial score (nSPS) is 30.6. The number of carbonyl (C=O) groups excluding carboxylic acids is 1. The van der Waals surface area contributed by atoms with Gasteiger partial charge >= 0.3 is 5.97 Å². The van der Waals surface area contributed by atoms with E-state index in [1.54, 1.807) is 0 Å². The van der Waals surface area contributed by atoms with Crippen molar-refractivity contribution < 1.29 is 14.7 Å². The van der Waals surface area contributed by atoms with E-state index in [-0.39, 0.29) is 17.9 Å². The first-order valence-electron chi connectivity index (χ1n) is 6.21. The van der Waals surface area contributed by atoms with Crippen molar-refractivity contribution in [2.24, 2.45) is 10.8 Å². The molecule has 0 spiro atoms. The molecule has 2 fully saturated rings. The maximum absolute atomic E-state index is 12.0. The highest BCUT2D eigenvalue weighted by molar-refractivity contribution is 5.84. The number of hydrogen-bond donors (Lipinski definition) is 3. The summed E-state index contributed by atoms with van der Waals surface area (Å²) in [6, 6.07) is 0. The Balaban J connectivity index is 1.89. The highest BCUT2D eigenvalue weighted by atomic mass is 16.4. The second kappa shape index (κ2) is 4.29. The maximum atomic E-state index is 12.0. The molecule has 1 aliphatic heterocycles. The van der Waals surface area contributed by atoms with Crippen molar-refractivity contribution in [2.45, 2.75) is 32.6 Å². The Morgan fingerprint density at radius 1 is 1.35 bits per heavy atom. The molecular formula is C12H20N2O3. The van der Waals surface area contributed by atoms with Gasteiger partial charge in [0.2, 0.25) is 5.91 Å². The molecule has 0 aromatic heterocycles. The van der Waals surface area contributed by atoms with Crippen molar-refractivity contribution in [3.05, 3.63) is 0 Å². The predicted octanol–water partition coefficient (Wildman–Crippen LogP) is 0.357. The summed E-state index contributed by atoms with van der Waals surface area (Å²) in [4.78, 5) is 23.2. The summed E-state index contributed by atoms with van der Waals surface area (Å²) >= 11 is 0. The van der Waals surface area contributed by atoms with E-state index >= 15 is 0 Å². The van der Waals surface area contributed by atoms with Gasteiger partial charge in [0.1, 0.15) is 0 Å². The van der Waals surface area contributed by atoms with E-state index in [1.807, 2.05) is 6.92 Å². The molecule has 1 atom stereocenters. The molecule has 5 nitrogen and oxygen atoms in total. The third-order valence-corrected chi connectivity index (χ3v) is 4.27. The number of aliphatic carboxylic acids is 1. The Labute approximate surface area is 101 Å². The van der Waals surface area contributed by atoms with Crippen LogP contribution in [0.4, 0.5) is 0 Å². The van der Waals surface area contributed by atoms with Gasteiger partial charge in [-0.15, -0.1) is 0 Å². The van der Waals surface area contributed by atoms with Crippen LogP contribution in [0, 0.1) is 10.8 Å². The average Bonchev–Trinajstić information content (AvgIpc) is 2.64. The van der Waals surface area contributed by atoms with Crippen LogP contribution >= 0.6 is 0 Å². The van der Waals surface area contributed by atoms with Gasteiger partial charge in [0, 0.05) is 13.1 Å². The van der Waals surface area contributed by atoms with Crippen LogP contribution in [-0.2, 0) is 9.59 Å². The largest absolute Gasteiger partial charge is 0.481 e. The minimum absolute atomic E-state index is 0.0185. The van der Waals surface area contributed by atoms with Crippen LogP contribution < -0.4 is 10.6 Å². The number of carboxylic acid groups (broad SMARTS) is 1. The molecule has 3 N–H and O–H groups in total. The third kappa shape index (κ3) is 2.16. The van der Waals surface area contributed by atoms with E-state index < -0.39 is 11.4 Å². The van der Waals surface area contributed by atoms with Gasteiger partial charge in [-0.3, -0.25) is 9.59 Å². The maximum Gasteiger partial charge on any atom is 0.311 e. The standard InChI is InChI=1S/C12H20N2O3/c1-11(5-6-13-7-11)9(15)14-8-12(10(16)17)3-2-4-12/h13H,2-8H2,1H3,(H,14,15)(H,16,17). The predicted molar refractivity (Wildman–Crippen MR) is 62.5 cm³/mol. The lowest BCUT2D eigenvalue weighted by molar-refractivity contribution is -0.154. The summed E-state index contributed by atoms with van der Waals surface area (Å²) in [6.07, 6.45) is 3.12. The topological polar surface area (TPSA) is 78.4 Å². The van der Waals surface area contributed by atoms with Crippen molar-refractivity contribution in [3.8, 4) is 0 Å². The summed E-state index contributed by atoms with van der Waals surface area (Å²) in [5.74, 6) is -0.797. The van der Waals surface area contributed by atoms with Crippen molar-refractivity contribution in [3.63, 3.8) is 0 Å².